The molecule has 1 rings (SSSR count). The van der Waals surface area contributed by atoms with Gasteiger partial charge in [0.15, 0.2) is 0 Å². The Morgan fingerprint density at radius 3 is 0.750 bits per heavy atom. The Hall–Kier alpha value is 8.36. The SMILES string of the molecule is O=P([O-])([O-])OC1[C@@H](OP(=O)([O-])[O-])[C@H](O)C(OP(=O)([O-])[O-])[C@H](O)[C@@H]1OP(=O)([O-])[O-].[Na+].[Na+].[Na+].[Na+].[Na+].[Na+].[Na+].[Na+]. The summed E-state index contributed by atoms with van der Waals surface area (Å²) in [6.07, 6.45) is -17.6. The van der Waals surface area contributed by atoms with Crippen LogP contribution in [0.4, 0.5) is 0 Å². The second-order valence-corrected chi connectivity index (χ2v) is 9.47. The van der Waals surface area contributed by atoms with E-state index >= 15 is 0 Å². The van der Waals surface area contributed by atoms with Crippen molar-refractivity contribution in [3.05, 3.63) is 0 Å². The first-order valence-electron chi connectivity index (χ1n) is 6.38. The fraction of sp³-hybridized carbons (Fsp3) is 1.00. The molecule has 2 unspecified atom stereocenters. The molecule has 0 aliphatic heterocycles. The molecule has 1 fully saturated rings. The standard InChI is InChI=1S/C6H16O18P4.8Na/c7-1-3(21-25(9,10)11)2(8)5(23-27(15,16)17)6(24-28(18,19)20)4(1)22-26(12,13)14;;;;;;;;/h1-8H,(H2,9,10,11)(H2,12,13,14)(H2,15,16,17)(H2,18,19,20);;;;;;;;/q;8*+1/p-8/t1-,2+,3?,4-,5-,6?;;;;;;;;/m0......../s1. The molecule has 0 radical (unpaired) electrons. The van der Waals surface area contributed by atoms with Gasteiger partial charge in [0.25, 0.3) is 0 Å². The van der Waals surface area contributed by atoms with Crippen LogP contribution in [-0.2, 0) is 36.4 Å². The van der Waals surface area contributed by atoms with E-state index in [1.54, 1.807) is 0 Å². The fourth-order valence-corrected chi connectivity index (χ4v) is 4.41. The summed E-state index contributed by atoms with van der Waals surface area (Å²) < 4.78 is 57.8. The molecule has 30 heteroatoms. The molecule has 2 N–H and O–H groups in total. The first kappa shape index (κ1) is 63.1. The summed E-state index contributed by atoms with van der Waals surface area (Å²) in [4.78, 5) is 86.1. The summed E-state index contributed by atoms with van der Waals surface area (Å²) in [6, 6.07) is 0. The zero-order valence-electron chi connectivity index (χ0n) is 20.7. The third-order valence-corrected chi connectivity index (χ3v) is 5.00. The number of rotatable bonds is 8. The van der Waals surface area contributed by atoms with Gasteiger partial charge in [0.1, 0.15) is 36.6 Å². The van der Waals surface area contributed by atoms with Gasteiger partial charge in [-0.2, -0.15) is 0 Å². The summed E-state index contributed by atoms with van der Waals surface area (Å²) in [7, 11) is -24.8. The Bertz CT molecular complexity index is 716. The van der Waals surface area contributed by atoms with E-state index in [2.05, 4.69) is 18.1 Å². The van der Waals surface area contributed by atoms with Crippen LogP contribution in [-0.4, -0.2) is 46.8 Å². The largest absolute Gasteiger partial charge is 1.00 e. The maximum absolute atomic E-state index is 10.8. The molecule has 36 heavy (non-hydrogen) atoms. The fourth-order valence-electron chi connectivity index (χ4n) is 2.24. The van der Waals surface area contributed by atoms with Crippen molar-refractivity contribution in [1.82, 2.24) is 0 Å². The van der Waals surface area contributed by atoms with Crippen LogP contribution in [0.3, 0.4) is 0 Å². The van der Waals surface area contributed by atoms with Crippen LogP contribution in [0.5, 0.6) is 0 Å². The zero-order chi connectivity index (χ0) is 22.3. The van der Waals surface area contributed by atoms with E-state index < -0.39 is 67.9 Å². The maximum atomic E-state index is 10.8. The Balaban J connectivity index is -0.000000163. The van der Waals surface area contributed by atoms with Crippen molar-refractivity contribution in [2.45, 2.75) is 36.6 Å². The van der Waals surface area contributed by atoms with E-state index in [1.165, 1.54) is 0 Å². The molecule has 0 spiro atoms. The van der Waals surface area contributed by atoms with Gasteiger partial charge in [-0.15, -0.1) is 0 Å². The van der Waals surface area contributed by atoms with Crippen LogP contribution in [0.2, 0.25) is 0 Å². The number of hydrogen-bond acceptors (Lipinski definition) is 18. The van der Waals surface area contributed by atoms with Crippen LogP contribution >= 0.6 is 31.3 Å². The second kappa shape index (κ2) is 26.3. The first-order valence-corrected chi connectivity index (χ1v) is 12.2. The van der Waals surface area contributed by atoms with E-state index in [4.69, 9.17) is 0 Å². The van der Waals surface area contributed by atoms with Gasteiger partial charge in [0, 0.05) is 0 Å². The van der Waals surface area contributed by atoms with Crippen molar-refractivity contribution < 1.29 is 322 Å². The molecule has 0 aromatic heterocycles. The van der Waals surface area contributed by atoms with Crippen molar-refractivity contribution >= 4 is 31.3 Å². The van der Waals surface area contributed by atoms with Gasteiger partial charge in [-0.25, -0.2) is 0 Å². The van der Waals surface area contributed by atoms with Gasteiger partial charge in [0.05, 0.1) is 31.3 Å². The molecule has 6 atom stereocenters. The first-order chi connectivity index (χ1) is 12.2. The quantitative estimate of drug-likeness (QED) is 0.178. The average Bonchev–Trinajstić information content (AvgIpc) is 2.39. The van der Waals surface area contributed by atoms with Gasteiger partial charge in [-0.3, -0.25) is 0 Å². The van der Waals surface area contributed by atoms with Gasteiger partial charge >= 0.3 is 236 Å². The molecule has 0 heterocycles. The third kappa shape index (κ3) is 26.4. The summed E-state index contributed by atoms with van der Waals surface area (Å²) in [5, 5.41) is 19.7. The van der Waals surface area contributed by atoms with Crippen LogP contribution in [0.15, 0.2) is 0 Å². The summed E-state index contributed by atoms with van der Waals surface area (Å²) in [6.45, 7) is 0. The Kier molecular flexibility index (Phi) is 46.1. The smallest absolute Gasteiger partial charge is 0.790 e. The molecule has 168 valence electrons. The number of aliphatic hydroxyl groups excluding tert-OH is 2. The monoisotopic (exact) mass is 676 g/mol. The predicted octanol–water partition coefficient (Wildman–Crippen LogP) is -32.4. The van der Waals surface area contributed by atoms with Crippen LogP contribution in [0, 0.1) is 0 Å². The van der Waals surface area contributed by atoms with Crippen molar-refractivity contribution in [2.75, 3.05) is 0 Å². The van der Waals surface area contributed by atoms with Crippen molar-refractivity contribution in [2.24, 2.45) is 0 Å². The van der Waals surface area contributed by atoms with Crippen LogP contribution < -0.4 is 276 Å². The minimum absolute atomic E-state index is 0. The molecule has 1 saturated carbocycles. The van der Waals surface area contributed by atoms with E-state index in [1.807, 2.05) is 0 Å². The number of hydrogen-bond donors (Lipinski definition) is 2. The molecule has 0 saturated heterocycles. The minimum Gasteiger partial charge on any atom is -0.790 e. The molecule has 1 aliphatic rings. The van der Waals surface area contributed by atoms with E-state index in [0.717, 1.165) is 0 Å². The predicted molar refractivity (Wildman–Crippen MR) is 61.9 cm³/mol. The van der Waals surface area contributed by atoms with Crippen molar-refractivity contribution in [1.29, 1.82) is 0 Å². The van der Waals surface area contributed by atoms with Gasteiger partial charge in [0.2, 0.25) is 0 Å². The molecule has 18 nitrogen and oxygen atoms in total. The normalized spacial score (nSPS) is 25.7. The molecular formula is C6H8Na8O18P4. The molecule has 0 amide bonds. The molecule has 0 aromatic rings. The van der Waals surface area contributed by atoms with Gasteiger partial charge in [-0.1, -0.05) is 0 Å². The van der Waals surface area contributed by atoms with Crippen molar-refractivity contribution in [3.63, 3.8) is 0 Å². The van der Waals surface area contributed by atoms with Crippen LogP contribution in [0.25, 0.3) is 0 Å². The van der Waals surface area contributed by atoms with Crippen molar-refractivity contribution in [3.8, 4) is 0 Å². The molecule has 0 aromatic carbocycles. The molecule has 0 bridgehead atoms. The van der Waals surface area contributed by atoms with E-state index in [0.29, 0.717) is 0 Å². The Morgan fingerprint density at radius 1 is 0.389 bits per heavy atom. The molecular weight excluding hydrogens is 668 g/mol. The molecule has 1 aliphatic carbocycles. The number of phosphoric acid groups is 4. The summed E-state index contributed by atoms with van der Waals surface area (Å²) >= 11 is 0. The third-order valence-electron chi connectivity index (χ3n) is 3.00. The number of aliphatic hydroxyl groups is 2. The topological polar surface area (TPSA) is 330 Å². The zero-order valence-corrected chi connectivity index (χ0v) is 40.3. The average molecular weight is 676 g/mol. The van der Waals surface area contributed by atoms with Gasteiger partial charge in [-0.05, 0) is 0 Å². The maximum Gasteiger partial charge on any atom is 1.00 e. The summed E-state index contributed by atoms with van der Waals surface area (Å²) in [5.74, 6) is 0. The number of phosphoric ester groups is 4. The minimum atomic E-state index is -6.24. The van der Waals surface area contributed by atoms with Crippen LogP contribution in [0.1, 0.15) is 0 Å². The van der Waals surface area contributed by atoms with E-state index in [9.17, 15) is 67.6 Å². The second-order valence-electron chi connectivity index (χ2n) is 5.05. The Labute approximate surface area is 381 Å². The summed E-state index contributed by atoms with van der Waals surface area (Å²) in [5.41, 5.74) is 0. The van der Waals surface area contributed by atoms with Gasteiger partial charge < -0.3 is 85.7 Å². The van der Waals surface area contributed by atoms with E-state index in [-0.39, 0.29) is 236 Å². The Morgan fingerprint density at radius 2 is 0.556 bits per heavy atom.